The Morgan fingerprint density at radius 3 is 2.84 bits per heavy atom. The van der Waals surface area contributed by atoms with Gasteiger partial charge in [0.05, 0.1) is 13.2 Å². The first-order valence-corrected chi connectivity index (χ1v) is 6.70. The minimum absolute atomic E-state index is 0.0596. The van der Waals surface area contributed by atoms with Gasteiger partial charge in [-0.2, -0.15) is 0 Å². The van der Waals surface area contributed by atoms with Gasteiger partial charge in [0.2, 0.25) is 5.91 Å². The molecule has 1 aromatic carbocycles. The molecule has 2 N–H and O–H groups in total. The number of carbonyl (C=O) groups excluding carboxylic acids is 1. The van der Waals surface area contributed by atoms with E-state index in [-0.39, 0.29) is 5.91 Å². The molecule has 0 saturated carbocycles. The molecule has 104 valence electrons. The van der Waals surface area contributed by atoms with E-state index in [9.17, 15) is 4.79 Å². The van der Waals surface area contributed by atoms with E-state index < -0.39 is 0 Å². The molecular weight excluding hydrogens is 244 g/mol. The maximum Gasteiger partial charge on any atom is 0.221 e. The molecule has 0 aliphatic carbocycles. The first-order valence-electron chi connectivity index (χ1n) is 6.70. The minimum Gasteiger partial charge on any atom is -0.490 e. The number of nitrogens with one attached hydrogen (secondary N) is 2. The molecule has 0 unspecified atom stereocenters. The van der Waals surface area contributed by atoms with Crippen molar-refractivity contribution in [2.24, 2.45) is 0 Å². The molecule has 5 heteroatoms. The zero-order valence-electron chi connectivity index (χ0n) is 11.2. The number of amides is 1. The predicted molar refractivity (Wildman–Crippen MR) is 73.8 cm³/mol. The zero-order chi connectivity index (χ0) is 13.5. The van der Waals surface area contributed by atoms with Gasteiger partial charge in [-0.1, -0.05) is 0 Å². The molecule has 1 aromatic rings. The number of ether oxygens (including phenoxy) is 2. The molecule has 0 radical (unpaired) electrons. The van der Waals surface area contributed by atoms with Gasteiger partial charge in [-0.15, -0.1) is 0 Å². The summed E-state index contributed by atoms with van der Waals surface area (Å²) in [5.41, 5.74) is 0.938. The van der Waals surface area contributed by atoms with Gasteiger partial charge in [-0.25, -0.2) is 0 Å². The smallest absolute Gasteiger partial charge is 0.221 e. The average Bonchev–Trinajstić information content (AvgIpc) is 2.63. The van der Waals surface area contributed by atoms with E-state index in [0.29, 0.717) is 32.7 Å². The summed E-state index contributed by atoms with van der Waals surface area (Å²) in [7, 11) is 0. The monoisotopic (exact) mass is 264 g/mol. The fourth-order valence-corrected chi connectivity index (χ4v) is 1.88. The molecule has 0 saturated heterocycles. The van der Waals surface area contributed by atoms with Crippen molar-refractivity contribution in [1.29, 1.82) is 0 Å². The Hall–Kier alpha value is -1.91. The molecule has 0 atom stereocenters. The molecule has 1 amide bonds. The van der Waals surface area contributed by atoms with Crippen LogP contribution < -0.4 is 20.1 Å². The third-order valence-electron chi connectivity index (χ3n) is 2.80. The Labute approximate surface area is 113 Å². The second-order valence-electron chi connectivity index (χ2n) is 4.34. The lowest BCUT2D eigenvalue weighted by atomic mass is 10.2. The molecule has 0 bridgehead atoms. The van der Waals surface area contributed by atoms with Crippen LogP contribution in [-0.2, 0) is 4.79 Å². The molecular formula is C14H20N2O3. The van der Waals surface area contributed by atoms with Crippen molar-refractivity contribution in [3.8, 4) is 11.5 Å². The van der Waals surface area contributed by atoms with Crippen molar-refractivity contribution < 1.29 is 14.3 Å². The molecule has 1 heterocycles. The number of fused-ring (bicyclic) bond motifs is 1. The second-order valence-corrected chi connectivity index (χ2v) is 4.34. The van der Waals surface area contributed by atoms with Gasteiger partial charge in [-0.05, 0) is 19.1 Å². The van der Waals surface area contributed by atoms with Gasteiger partial charge in [-0.3, -0.25) is 4.79 Å². The van der Waals surface area contributed by atoms with Gasteiger partial charge in [0.25, 0.3) is 0 Å². The zero-order valence-corrected chi connectivity index (χ0v) is 11.2. The summed E-state index contributed by atoms with van der Waals surface area (Å²) in [5, 5.41) is 5.97. The van der Waals surface area contributed by atoms with E-state index in [1.165, 1.54) is 0 Å². The molecule has 0 spiro atoms. The molecule has 0 aromatic heterocycles. The van der Waals surface area contributed by atoms with Crippen LogP contribution >= 0.6 is 0 Å². The Morgan fingerprint density at radius 1 is 1.26 bits per heavy atom. The van der Waals surface area contributed by atoms with E-state index in [0.717, 1.165) is 23.6 Å². The lowest BCUT2D eigenvalue weighted by Crippen LogP contribution is -2.24. The molecule has 1 aliphatic heterocycles. The summed E-state index contributed by atoms with van der Waals surface area (Å²) in [6, 6.07) is 5.75. The minimum atomic E-state index is 0.0596. The van der Waals surface area contributed by atoms with Crippen molar-refractivity contribution in [2.45, 2.75) is 19.8 Å². The van der Waals surface area contributed by atoms with Crippen LogP contribution in [0, 0.1) is 0 Å². The Morgan fingerprint density at radius 2 is 2.05 bits per heavy atom. The van der Waals surface area contributed by atoms with Crippen LogP contribution in [0.4, 0.5) is 5.69 Å². The van der Waals surface area contributed by atoms with Crippen LogP contribution in [-0.4, -0.2) is 32.2 Å². The van der Waals surface area contributed by atoms with Crippen LogP contribution in [0.15, 0.2) is 18.2 Å². The number of hydrogen-bond donors (Lipinski definition) is 2. The Bertz CT molecular complexity index is 435. The molecule has 5 nitrogen and oxygen atoms in total. The van der Waals surface area contributed by atoms with Crippen molar-refractivity contribution in [3.63, 3.8) is 0 Å². The molecule has 2 rings (SSSR count). The molecule has 0 fully saturated rings. The number of carbonyl (C=O) groups is 1. The highest BCUT2D eigenvalue weighted by atomic mass is 16.5. The van der Waals surface area contributed by atoms with Crippen LogP contribution in [0.5, 0.6) is 11.5 Å². The first kappa shape index (κ1) is 13.5. The predicted octanol–water partition coefficient (Wildman–Crippen LogP) is 1.79. The van der Waals surface area contributed by atoms with Crippen LogP contribution in [0.25, 0.3) is 0 Å². The Balaban J connectivity index is 1.87. The molecule has 1 aliphatic rings. The van der Waals surface area contributed by atoms with Crippen LogP contribution in [0.1, 0.15) is 19.8 Å². The van der Waals surface area contributed by atoms with Crippen molar-refractivity contribution in [3.05, 3.63) is 18.2 Å². The lowest BCUT2D eigenvalue weighted by Gasteiger charge is -2.11. The van der Waals surface area contributed by atoms with Gasteiger partial charge < -0.3 is 20.1 Å². The Kier molecular flexibility index (Phi) is 4.89. The number of anilines is 1. The summed E-state index contributed by atoms with van der Waals surface area (Å²) in [6.45, 7) is 4.55. The second kappa shape index (κ2) is 6.87. The van der Waals surface area contributed by atoms with Gasteiger partial charge >= 0.3 is 0 Å². The lowest BCUT2D eigenvalue weighted by molar-refractivity contribution is -0.120. The summed E-state index contributed by atoms with van der Waals surface area (Å²) in [4.78, 5) is 11.3. The summed E-state index contributed by atoms with van der Waals surface area (Å²) in [5.74, 6) is 1.61. The third-order valence-corrected chi connectivity index (χ3v) is 2.80. The fraction of sp³-hybridized carbons (Fsp3) is 0.500. The SMILES string of the molecule is CCNC(=O)CCNc1ccc2c(c1)OCCCO2. The summed E-state index contributed by atoms with van der Waals surface area (Å²) >= 11 is 0. The summed E-state index contributed by atoms with van der Waals surface area (Å²) < 4.78 is 11.2. The van der Waals surface area contributed by atoms with Crippen molar-refractivity contribution in [2.75, 3.05) is 31.6 Å². The van der Waals surface area contributed by atoms with Gasteiger partial charge in [0.1, 0.15) is 0 Å². The van der Waals surface area contributed by atoms with E-state index in [1.807, 2.05) is 25.1 Å². The van der Waals surface area contributed by atoms with Crippen LogP contribution in [0.3, 0.4) is 0 Å². The number of hydrogen-bond acceptors (Lipinski definition) is 4. The largest absolute Gasteiger partial charge is 0.490 e. The van der Waals surface area contributed by atoms with Crippen molar-refractivity contribution >= 4 is 11.6 Å². The first-order chi connectivity index (χ1) is 9.29. The highest BCUT2D eigenvalue weighted by Gasteiger charge is 2.10. The maximum absolute atomic E-state index is 11.3. The third kappa shape index (κ3) is 4.05. The van der Waals surface area contributed by atoms with Gasteiger partial charge in [0, 0.05) is 37.7 Å². The highest BCUT2D eigenvalue weighted by Crippen LogP contribution is 2.32. The average molecular weight is 264 g/mol. The van der Waals surface area contributed by atoms with E-state index in [2.05, 4.69) is 10.6 Å². The highest BCUT2D eigenvalue weighted by molar-refractivity contribution is 5.76. The van der Waals surface area contributed by atoms with Crippen LogP contribution in [0.2, 0.25) is 0 Å². The standard InChI is InChI=1S/C14H20N2O3/c1-2-15-14(17)6-7-16-11-4-5-12-13(10-11)19-9-3-8-18-12/h4-5,10,16H,2-3,6-9H2,1H3,(H,15,17). The topological polar surface area (TPSA) is 59.6 Å². The van der Waals surface area contributed by atoms with Gasteiger partial charge in [0.15, 0.2) is 11.5 Å². The molecule has 19 heavy (non-hydrogen) atoms. The maximum atomic E-state index is 11.3. The number of rotatable bonds is 5. The quantitative estimate of drug-likeness (QED) is 0.851. The number of benzene rings is 1. The normalized spacial score (nSPS) is 13.5. The van der Waals surface area contributed by atoms with E-state index in [1.54, 1.807) is 0 Å². The fourth-order valence-electron chi connectivity index (χ4n) is 1.88. The van der Waals surface area contributed by atoms with E-state index >= 15 is 0 Å². The van der Waals surface area contributed by atoms with E-state index in [4.69, 9.17) is 9.47 Å². The summed E-state index contributed by atoms with van der Waals surface area (Å²) in [6.07, 6.45) is 1.36. The van der Waals surface area contributed by atoms with Crippen molar-refractivity contribution in [1.82, 2.24) is 5.32 Å².